The van der Waals surface area contributed by atoms with Gasteiger partial charge in [-0.3, -0.25) is 20.3 Å². The number of nitro benzene ring substituents is 1. The second-order valence-corrected chi connectivity index (χ2v) is 10.7. The van der Waals surface area contributed by atoms with Gasteiger partial charge in [-0.2, -0.15) is 5.10 Å². The van der Waals surface area contributed by atoms with Crippen molar-refractivity contribution in [2.75, 3.05) is 10.1 Å². The molecule has 0 saturated heterocycles. The molecule has 1 unspecified atom stereocenters. The predicted molar refractivity (Wildman–Crippen MR) is 123 cm³/mol. The second-order valence-electron chi connectivity index (χ2n) is 8.67. The number of anilines is 2. The fourth-order valence-corrected chi connectivity index (χ4v) is 5.52. The van der Waals surface area contributed by atoms with E-state index in [0.717, 1.165) is 31.0 Å². The number of hydrazone groups is 1. The van der Waals surface area contributed by atoms with Crippen molar-refractivity contribution in [1.82, 2.24) is 0 Å². The topological polar surface area (TPSA) is 114 Å². The van der Waals surface area contributed by atoms with Crippen LogP contribution < -0.4 is 10.1 Å². The fourth-order valence-electron chi connectivity index (χ4n) is 4.02. The Morgan fingerprint density at radius 1 is 1.19 bits per heavy atom. The molecule has 0 heterocycles. The van der Waals surface area contributed by atoms with Crippen molar-refractivity contribution in [3.63, 3.8) is 0 Å². The smallest absolute Gasteiger partial charge is 0.270 e. The van der Waals surface area contributed by atoms with Crippen LogP contribution >= 0.6 is 11.6 Å². The van der Waals surface area contributed by atoms with Gasteiger partial charge in [0, 0.05) is 17.8 Å². The monoisotopic (exact) mass is 464 g/mol. The van der Waals surface area contributed by atoms with Gasteiger partial charge in [-0.1, -0.05) is 44.5 Å². The fraction of sp³-hybridized carbons (Fsp3) is 0.381. The Hall–Kier alpha value is -2.65. The summed E-state index contributed by atoms with van der Waals surface area (Å²) >= 11 is 6.07. The van der Waals surface area contributed by atoms with E-state index in [9.17, 15) is 18.5 Å². The van der Waals surface area contributed by atoms with Crippen LogP contribution in [0.1, 0.15) is 40.0 Å². The molecule has 2 aromatic rings. The highest BCUT2D eigenvalue weighted by atomic mass is 35.5. The number of nitro groups is 1. The molecular weight excluding hydrogens is 440 g/mol. The number of rotatable bonds is 6. The Balaban J connectivity index is 1.97. The number of para-hydroxylation sites is 1. The first-order valence-electron chi connectivity index (χ1n) is 9.84. The highest BCUT2D eigenvalue weighted by Crippen LogP contribution is 2.37. The molecule has 31 heavy (non-hydrogen) atoms. The standard InChI is InChI=1S/C21H25ClN4O4S/c1-14-10-15(13-21(2,3)12-14)23-24-19-9-8-16(26(27)28)11-20(19)31(29,30)25-18-7-5-4-6-17(18)22/h4-9,11,14,24-25H,10,12-13H2,1-3H3. The van der Waals surface area contributed by atoms with Gasteiger partial charge < -0.3 is 0 Å². The normalized spacial score (nSPS) is 19.7. The Kier molecular flexibility index (Phi) is 6.56. The molecule has 0 aromatic heterocycles. The number of halogens is 1. The summed E-state index contributed by atoms with van der Waals surface area (Å²) in [5.74, 6) is 0.464. The summed E-state index contributed by atoms with van der Waals surface area (Å²) in [6, 6.07) is 9.96. The van der Waals surface area contributed by atoms with Crippen molar-refractivity contribution in [3.05, 3.63) is 57.6 Å². The minimum absolute atomic E-state index is 0.105. The molecule has 1 aliphatic rings. The molecule has 2 aromatic carbocycles. The summed E-state index contributed by atoms with van der Waals surface area (Å²) in [5.41, 5.74) is 3.85. The van der Waals surface area contributed by atoms with Crippen molar-refractivity contribution in [1.29, 1.82) is 0 Å². The first-order valence-corrected chi connectivity index (χ1v) is 11.7. The number of benzene rings is 2. The van der Waals surface area contributed by atoms with Gasteiger partial charge in [0.05, 0.1) is 21.3 Å². The third kappa shape index (κ3) is 5.74. The van der Waals surface area contributed by atoms with E-state index in [-0.39, 0.29) is 32.4 Å². The van der Waals surface area contributed by atoms with E-state index in [1.165, 1.54) is 18.2 Å². The molecule has 0 bridgehead atoms. The number of non-ortho nitro benzene ring substituents is 1. The van der Waals surface area contributed by atoms with Crippen molar-refractivity contribution in [3.8, 4) is 0 Å². The molecule has 3 rings (SSSR count). The van der Waals surface area contributed by atoms with Crippen LogP contribution in [0.5, 0.6) is 0 Å². The van der Waals surface area contributed by atoms with Gasteiger partial charge in [0.25, 0.3) is 15.7 Å². The van der Waals surface area contributed by atoms with Gasteiger partial charge in [-0.25, -0.2) is 8.42 Å². The second kappa shape index (κ2) is 8.84. The van der Waals surface area contributed by atoms with E-state index in [2.05, 4.69) is 36.0 Å². The molecule has 1 aliphatic carbocycles. The van der Waals surface area contributed by atoms with Gasteiger partial charge in [-0.05, 0) is 48.8 Å². The molecule has 1 saturated carbocycles. The first-order chi connectivity index (χ1) is 14.5. The average molecular weight is 465 g/mol. The lowest BCUT2D eigenvalue weighted by molar-refractivity contribution is -0.385. The molecule has 0 spiro atoms. The largest absolute Gasteiger partial charge is 0.278 e. The number of sulfonamides is 1. The van der Waals surface area contributed by atoms with Crippen LogP contribution in [0.15, 0.2) is 52.5 Å². The van der Waals surface area contributed by atoms with E-state index in [0.29, 0.717) is 5.92 Å². The number of nitrogens with zero attached hydrogens (tertiary/aromatic N) is 2. The first kappa shape index (κ1) is 23.0. The molecule has 10 heteroatoms. The zero-order valence-corrected chi connectivity index (χ0v) is 19.1. The predicted octanol–water partition coefficient (Wildman–Crippen LogP) is 5.66. The lowest BCUT2D eigenvalue weighted by atomic mass is 9.72. The van der Waals surface area contributed by atoms with Gasteiger partial charge in [-0.15, -0.1) is 0 Å². The number of nitrogens with one attached hydrogen (secondary N) is 2. The van der Waals surface area contributed by atoms with Gasteiger partial charge in [0.1, 0.15) is 4.90 Å². The zero-order valence-electron chi connectivity index (χ0n) is 17.6. The minimum atomic E-state index is -4.18. The molecule has 0 radical (unpaired) electrons. The zero-order chi connectivity index (χ0) is 22.8. The van der Waals surface area contributed by atoms with Crippen LogP contribution in [0.4, 0.5) is 17.1 Å². The molecule has 1 atom stereocenters. The molecule has 0 aliphatic heterocycles. The van der Waals surface area contributed by atoms with Crippen LogP contribution in [-0.2, 0) is 10.0 Å². The third-order valence-corrected chi connectivity index (χ3v) is 6.82. The summed E-state index contributed by atoms with van der Waals surface area (Å²) in [5, 5.41) is 15.9. The van der Waals surface area contributed by atoms with Gasteiger partial charge >= 0.3 is 0 Å². The van der Waals surface area contributed by atoms with Crippen LogP contribution in [0, 0.1) is 21.4 Å². The maximum absolute atomic E-state index is 13.1. The quantitative estimate of drug-likeness (QED) is 0.422. The number of hydrogen-bond donors (Lipinski definition) is 2. The summed E-state index contributed by atoms with van der Waals surface area (Å²) in [6.07, 6.45) is 2.69. The van der Waals surface area contributed by atoms with Crippen LogP contribution in [0.25, 0.3) is 0 Å². The van der Waals surface area contributed by atoms with E-state index in [4.69, 9.17) is 11.6 Å². The highest BCUT2D eigenvalue weighted by Gasteiger charge is 2.30. The molecule has 0 amide bonds. The molecule has 166 valence electrons. The summed E-state index contributed by atoms with van der Waals surface area (Å²) < 4.78 is 28.5. The lowest BCUT2D eigenvalue weighted by Gasteiger charge is -2.34. The van der Waals surface area contributed by atoms with Crippen LogP contribution in [0.3, 0.4) is 0 Å². The van der Waals surface area contributed by atoms with E-state index in [1.54, 1.807) is 18.2 Å². The van der Waals surface area contributed by atoms with Crippen molar-refractivity contribution in [2.24, 2.45) is 16.4 Å². The van der Waals surface area contributed by atoms with E-state index in [1.807, 2.05) is 0 Å². The van der Waals surface area contributed by atoms with Crippen LogP contribution in [-0.4, -0.2) is 19.1 Å². The summed E-state index contributed by atoms with van der Waals surface area (Å²) in [6.45, 7) is 6.51. The number of hydrogen-bond acceptors (Lipinski definition) is 6. The summed E-state index contributed by atoms with van der Waals surface area (Å²) in [4.78, 5) is 10.3. The van der Waals surface area contributed by atoms with Gasteiger partial charge in [0.2, 0.25) is 0 Å². The minimum Gasteiger partial charge on any atom is -0.278 e. The maximum Gasteiger partial charge on any atom is 0.270 e. The van der Waals surface area contributed by atoms with Crippen molar-refractivity contribution < 1.29 is 13.3 Å². The lowest BCUT2D eigenvalue weighted by Crippen LogP contribution is -2.28. The average Bonchev–Trinajstić information content (AvgIpc) is 2.66. The molecule has 1 fully saturated rings. The Bertz CT molecular complexity index is 1130. The van der Waals surface area contributed by atoms with E-state index < -0.39 is 14.9 Å². The summed E-state index contributed by atoms with van der Waals surface area (Å²) in [7, 11) is -4.18. The SMILES string of the molecule is CC1CC(=NNc2ccc([N+](=O)[O-])cc2S(=O)(=O)Nc2ccccc2Cl)CC(C)(C)C1. The van der Waals surface area contributed by atoms with E-state index >= 15 is 0 Å². The highest BCUT2D eigenvalue weighted by molar-refractivity contribution is 7.93. The Morgan fingerprint density at radius 3 is 2.55 bits per heavy atom. The maximum atomic E-state index is 13.1. The van der Waals surface area contributed by atoms with Gasteiger partial charge in [0.15, 0.2) is 0 Å². The third-order valence-electron chi connectivity index (χ3n) is 5.09. The molecule has 8 nitrogen and oxygen atoms in total. The Labute approximate surface area is 186 Å². The molecule has 2 N–H and O–H groups in total. The van der Waals surface area contributed by atoms with Crippen molar-refractivity contribution in [2.45, 2.75) is 44.9 Å². The molecular formula is C21H25ClN4O4S. The van der Waals surface area contributed by atoms with Crippen molar-refractivity contribution >= 4 is 44.4 Å². The Morgan fingerprint density at radius 2 is 1.90 bits per heavy atom. The van der Waals surface area contributed by atoms with Crippen LogP contribution in [0.2, 0.25) is 5.02 Å².